The molecule has 0 atom stereocenters. The molecular formula is C22H22N6O2. The number of fused-ring (bicyclic) bond motifs is 1. The fraction of sp³-hybridized carbons (Fsp3) is 0.318. The standard InChI is InChI=1S/C22H22N6O2/c29-21(23-10-8-19-26-22(30-27-19)16-6-7-16)17-12-18-20(24-13-17)28(14-25-18)11-9-15-4-2-1-3-5-15/h1-5,12-14,16H,6-11H2,(H,23,29). The molecular weight excluding hydrogens is 380 g/mol. The second-order valence-electron chi connectivity index (χ2n) is 7.57. The third-order valence-corrected chi connectivity index (χ3v) is 5.25. The van der Waals surface area contributed by atoms with Gasteiger partial charge in [0.05, 0.1) is 11.9 Å². The third-order valence-electron chi connectivity index (χ3n) is 5.25. The first-order valence-electron chi connectivity index (χ1n) is 10.2. The van der Waals surface area contributed by atoms with Crippen LogP contribution in [-0.2, 0) is 19.4 Å². The van der Waals surface area contributed by atoms with E-state index >= 15 is 0 Å². The summed E-state index contributed by atoms with van der Waals surface area (Å²) < 4.78 is 7.25. The van der Waals surface area contributed by atoms with E-state index in [-0.39, 0.29) is 5.91 Å². The van der Waals surface area contributed by atoms with Crippen LogP contribution in [0.4, 0.5) is 0 Å². The molecule has 1 N–H and O–H groups in total. The quantitative estimate of drug-likeness (QED) is 0.487. The van der Waals surface area contributed by atoms with Gasteiger partial charge in [-0.05, 0) is 30.9 Å². The summed E-state index contributed by atoms with van der Waals surface area (Å²) in [5.41, 5.74) is 3.24. The maximum atomic E-state index is 12.5. The van der Waals surface area contributed by atoms with E-state index in [1.807, 2.05) is 22.8 Å². The summed E-state index contributed by atoms with van der Waals surface area (Å²) in [5, 5.41) is 6.85. The SMILES string of the molecule is O=C(NCCc1noc(C2CC2)n1)c1cnc2c(c1)ncn2CCc1ccccc1. The molecule has 0 bridgehead atoms. The van der Waals surface area contributed by atoms with Gasteiger partial charge in [0.2, 0.25) is 5.89 Å². The summed E-state index contributed by atoms with van der Waals surface area (Å²) in [4.78, 5) is 25.7. The Morgan fingerprint density at radius 2 is 2.03 bits per heavy atom. The van der Waals surface area contributed by atoms with Gasteiger partial charge in [0.25, 0.3) is 5.91 Å². The molecule has 0 radical (unpaired) electrons. The number of benzene rings is 1. The summed E-state index contributed by atoms with van der Waals surface area (Å²) in [6.07, 6.45) is 7.04. The number of amides is 1. The number of hydrogen-bond donors (Lipinski definition) is 1. The lowest BCUT2D eigenvalue weighted by atomic mass is 10.1. The lowest BCUT2D eigenvalue weighted by Gasteiger charge is -2.05. The molecule has 3 aromatic heterocycles. The Labute approximate surface area is 173 Å². The smallest absolute Gasteiger partial charge is 0.252 e. The topological polar surface area (TPSA) is 98.7 Å². The van der Waals surface area contributed by atoms with Gasteiger partial charge in [0.15, 0.2) is 11.5 Å². The van der Waals surface area contributed by atoms with Crippen LogP contribution < -0.4 is 5.32 Å². The van der Waals surface area contributed by atoms with Crippen LogP contribution in [0, 0.1) is 0 Å². The summed E-state index contributed by atoms with van der Waals surface area (Å²) in [7, 11) is 0. The molecule has 0 aliphatic heterocycles. The lowest BCUT2D eigenvalue weighted by Crippen LogP contribution is -2.26. The molecule has 152 valence electrons. The van der Waals surface area contributed by atoms with Crippen molar-refractivity contribution < 1.29 is 9.32 Å². The van der Waals surface area contributed by atoms with Gasteiger partial charge in [0.1, 0.15) is 5.52 Å². The number of nitrogens with one attached hydrogen (secondary N) is 1. The van der Waals surface area contributed by atoms with Crippen molar-refractivity contribution in [2.45, 2.75) is 38.1 Å². The van der Waals surface area contributed by atoms with Crippen molar-refractivity contribution in [3.8, 4) is 0 Å². The fourth-order valence-corrected chi connectivity index (χ4v) is 3.39. The number of hydrogen-bond acceptors (Lipinski definition) is 6. The van der Waals surface area contributed by atoms with Gasteiger partial charge in [-0.25, -0.2) is 9.97 Å². The Balaban J connectivity index is 1.18. The van der Waals surface area contributed by atoms with Gasteiger partial charge in [-0.2, -0.15) is 4.98 Å². The maximum absolute atomic E-state index is 12.5. The van der Waals surface area contributed by atoms with Crippen molar-refractivity contribution in [1.82, 2.24) is 30.0 Å². The monoisotopic (exact) mass is 402 g/mol. The highest BCUT2D eigenvalue weighted by Crippen LogP contribution is 2.38. The lowest BCUT2D eigenvalue weighted by molar-refractivity contribution is 0.0953. The van der Waals surface area contributed by atoms with Gasteiger partial charge < -0.3 is 14.4 Å². The van der Waals surface area contributed by atoms with E-state index < -0.39 is 0 Å². The molecule has 0 saturated heterocycles. The van der Waals surface area contributed by atoms with E-state index in [1.165, 1.54) is 5.56 Å². The minimum absolute atomic E-state index is 0.186. The molecule has 1 amide bonds. The molecule has 5 rings (SSSR count). The summed E-state index contributed by atoms with van der Waals surface area (Å²) in [6.45, 7) is 1.22. The number of carbonyl (C=O) groups is 1. The largest absolute Gasteiger partial charge is 0.352 e. The molecule has 8 nitrogen and oxygen atoms in total. The minimum Gasteiger partial charge on any atom is -0.352 e. The van der Waals surface area contributed by atoms with Crippen molar-refractivity contribution in [2.24, 2.45) is 0 Å². The van der Waals surface area contributed by atoms with Crippen molar-refractivity contribution >= 4 is 17.1 Å². The normalized spacial score (nSPS) is 13.6. The fourth-order valence-electron chi connectivity index (χ4n) is 3.39. The first kappa shape index (κ1) is 18.5. The average molecular weight is 402 g/mol. The zero-order valence-corrected chi connectivity index (χ0v) is 16.5. The van der Waals surface area contributed by atoms with Gasteiger partial charge >= 0.3 is 0 Å². The Bertz CT molecular complexity index is 1160. The zero-order valence-electron chi connectivity index (χ0n) is 16.5. The first-order chi connectivity index (χ1) is 14.8. The Kier molecular flexibility index (Phi) is 4.96. The highest BCUT2D eigenvalue weighted by molar-refractivity contribution is 5.96. The van der Waals surface area contributed by atoms with Crippen LogP contribution in [0.25, 0.3) is 11.2 Å². The second-order valence-corrected chi connectivity index (χ2v) is 7.57. The average Bonchev–Trinajstić information content (AvgIpc) is 3.39. The maximum Gasteiger partial charge on any atom is 0.252 e. The summed E-state index contributed by atoms with van der Waals surface area (Å²) in [5.74, 6) is 1.59. The Morgan fingerprint density at radius 1 is 1.17 bits per heavy atom. The van der Waals surface area contributed by atoms with Crippen LogP contribution in [0.15, 0.2) is 53.4 Å². The van der Waals surface area contributed by atoms with Crippen LogP contribution in [0.2, 0.25) is 0 Å². The number of aryl methyl sites for hydroxylation is 2. The van der Waals surface area contributed by atoms with Crippen LogP contribution >= 0.6 is 0 Å². The number of rotatable bonds is 8. The molecule has 3 heterocycles. The minimum atomic E-state index is -0.186. The van der Waals surface area contributed by atoms with Gasteiger partial charge in [-0.1, -0.05) is 35.5 Å². The van der Waals surface area contributed by atoms with Crippen LogP contribution in [-0.4, -0.2) is 37.1 Å². The Hall–Kier alpha value is -3.55. The predicted molar refractivity (Wildman–Crippen MR) is 110 cm³/mol. The van der Waals surface area contributed by atoms with Gasteiger partial charge in [-0.3, -0.25) is 4.79 Å². The Morgan fingerprint density at radius 3 is 2.87 bits per heavy atom. The summed E-state index contributed by atoms with van der Waals surface area (Å²) in [6, 6.07) is 12.1. The van der Waals surface area contributed by atoms with Crippen molar-refractivity contribution in [2.75, 3.05) is 6.54 Å². The number of pyridine rings is 1. The number of nitrogens with zero attached hydrogens (tertiary/aromatic N) is 5. The van der Waals surface area contributed by atoms with Gasteiger partial charge in [-0.15, -0.1) is 0 Å². The van der Waals surface area contributed by atoms with Crippen LogP contribution in [0.3, 0.4) is 0 Å². The van der Waals surface area contributed by atoms with E-state index in [4.69, 9.17) is 4.52 Å². The number of aromatic nitrogens is 5. The van der Waals surface area contributed by atoms with Crippen molar-refractivity contribution in [1.29, 1.82) is 0 Å². The molecule has 8 heteroatoms. The molecule has 1 aromatic carbocycles. The second kappa shape index (κ2) is 8.06. The van der Waals surface area contributed by atoms with Crippen molar-refractivity contribution in [3.63, 3.8) is 0 Å². The molecule has 4 aromatic rings. The first-order valence-corrected chi connectivity index (χ1v) is 10.2. The van der Waals surface area contributed by atoms with E-state index in [0.717, 1.165) is 31.5 Å². The zero-order chi connectivity index (χ0) is 20.3. The molecule has 1 fully saturated rings. The highest BCUT2D eigenvalue weighted by Gasteiger charge is 2.29. The van der Waals surface area contributed by atoms with E-state index in [2.05, 4.69) is 37.6 Å². The highest BCUT2D eigenvalue weighted by atomic mass is 16.5. The van der Waals surface area contributed by atoms with Gasteiger partial charge in [0, 0.05) is 31.6 Å². The van der Waals surface area contributed by atoms with Crippen LogP contribution in [0.5, 0.6) is 0 Å². The molecule has 1 saturated carbocycles. The molecule has 1 aliphatic rings. The third kappa shape index (κ3) is 4.07. The van der Waals surface area contributed by atoms with Crippen LogP contribution in [0.1, 0.15) is 46.4 Å². The van der Waals surface area contributed by atoms with Crippen molar-refractivity contribution in [3.05, 3.63) is 71.8 Å². The molecule has 30 heavy (non-hydrogen) atoms. The summed E-state index contributed by atoms with van der Waals surface area (Å²) >= 11 is 0. The molecule has 0 spiro atoms. The number of imidazole rings is 1. The predicted octanol–water partition coefficient (Wildman–Crippen LogP) is 2.91. The number of carbonyl (C=O) groups excluding carboxylic acids is 1. The molecule has 1 aliphatic carbocycles. The molecule has 0 unspecified atom stereocenters. The van der Waals surface area contributed by atoms with E-state index in [9.17, 15) is 4.79 Å². The van der Waals surface area contributed by atoms with E-state index in [1.54, 1.807) is 18.6 Å². The van der Waals surface area contributed by atoms with E-state index in [0.29, 0.717) is 41.7 Å².